The second-order valence-electron chi connectivity index (χ2n) is 6.79. The fraction of sp³-hybridized carbons (Fsp3) is 0.300. The topological polar surface area (TPSA) is 84.7 Å². The number of anilines is 2. The molecule has 1 aromatic carbocycles. The van der Waals surface area contributed by atoms with Crippen LogP contribution in [0.15, 0.2) is 42.9 Å². The first-order valence-corrected chi connectivity index (χ1v) is 9.14. The summed E-state index contributed by atoms with van der Waals surface area (Å²) in [5.41, 5.74) is 5.26. The van der Waals surface area contributed by atoms with Crippen molar-refractivity contribution in [3.05, 3.63) is 54.0 Å². The molecule has 0 aliphatic heterocycles. The molecule has 1 atom stereocenters. The van der Waals surface area contributed by atoms with Gasteiger partial charge in [-0.1, -0.05) is 18.6 Å². The summed E-state index contributed by atoms with van der Waals surface area (Å²) in [6.07, 6.45) is 10.4. The van der Waals surface area contributed by atoms with E-state index in [1.807, 2.05) is 19.3 Å². The van der Waals surface area contributed by atoms with E-state index < -0.39 is 0 Å². The van der Waals surface area contributed by atoms with Crippen LogP contribution in [0.5, 0.6) is 0 Å². The van der Waals surface area contributed by atoms with Crippen LogP contribution in [0.4, 0.5) is 11.6 Å². The Hall–Kier alpha value is -3.22. The van der Waals surface area contributed by atoms with E-state index in [4.69, 9.17) is 0 Å². The number of aromatic nitrogens is 4. The van der Waals surface area contributed by atoms with Gasteiger partial charge in [0.15, 0.2) is 0 Å². The van der Waals surface area contributed by atoms with Gasteiger partial charge in [-0.25, -0.2) is 9.97 Å². The van der Waals surface area contributed by atoms with Gasteiger partial charge in [-0.15, -0.1) is 0 Å². The third-order valence-electron chi connectivity index (χ3n) is 4.89. The van der Waals surface area contributed by atoms with Gasteiger partial charge in [0.1, 0.15) is 0 Å². The molecule has 0 saturated carbocycles. The van der Waals surface area contributed by atoms with Gasteiger partial charge in [0.25, 0.3) is 0 Å². The van der Waals surface area contributed by atoms with E-state index in [1.54, 1.807) is 17.1 Å². The molecule has 1 amide bonds. The van der Waals surface area contributed by atoms with E-state index in [0.717, 1.165) is 49.0 Å². The van der Waals surface area contributed by atoms with Crippen LogP contribution in [-0.4, -0.2) is 26.2 Å². The van der Waals surface area contributed by atoms with Crippen molar-refractivity contribution in [1.82, 2.24) is 25.1 Å². The molecule has 1 unspecified atom stereocenters. The highest BCUT2D eigenvalue weighted by Crippen LogP contribution is 2.31. The monoisotopic (exact) mass is 362 g/mol. The lowest BCUT2D eigenvalue weighted by molar-refractivity contribution is -0.110. The minimum absolute atomic E-state index is 0.0993. The molecule has 4 rings (SSSR count). The highest BCUT2D eigenvalue weighted by Gasteiger charge is 2.18. The van der Waals surface area contributed by atoms with Crippen LogP contribution >= 0.6 is 0 Å². The molecule has 7 nitrogen and oxygen atoms in total. The maximum atomic E-state index is 10.9. The van der Waals surface area contributed by atoms with E-state index in [0.29, 0.717) is 5.95 Å². The third kappa shape index (κ3) is 3.81. The number of carbonyl (C=O) groups excluding carboxylic acids is 1. The van der Waals surface area contributed by atoms with E-state index in [2.05, 4.69) is 43.9 Å². The minimum Gasteiger partial charge on any atom is -0.352 e. The maximum absolute atomic E-state index is 10.9. The summed E-state index contributed by atoms with van der Waals surface area (Å²) in [4.78, 5) is 19.9. The number of hydrogen-bond donors (Lipinski definition) is 2. The zero-order chi connectivity index (χ0) is 18.6. The van der Waals surface area contributed by atoms with Gasteiger partial charge in [-0.3, -0.25) is 9.48 Å². The standard InChI is InChI=1S/C20H22N6O/c1-26-12-16(11-23-26)24-20-21-9-8-18(25-20)15-6-7-17-14(10-15)4-2-3-5-19(17)22-13-27/h6-13,19H,2-5H2,1H3,(H,22,27)(H,21,24,25). The summed E-state index contributed by atoms with van der Waals surface area (Å²) in [7, 11) is 1.87. The van der Waals surface area contributed by atoms with E-state index in [-0.39, 0.29) is 6.04 Å². The van der Waals surface area contributed by atoms with Gasteiger partial charge in [0.2, 0.25) is 12.4 Å². The number of aryl methyl sites for hydroxylation is 2. The molecule has 27 heavy (non-hydrogen) atoms. The molecule has 7 heteroatoms. The van der Waals surface area contributed by atoms with Crippen molar-refractivity contribution in [2.45, 2.75) is 31.7 Å². The van der Waals surface area contributed by atoms with Crippen molar-refractivity contribution in [2.75, 3.05) is 5.32 Å². The Morgan fingerprint density at radius 3 is 3.00 bits per heavy atom. The third-order valence-corrected chi connectivity index (χ3v) is 4.89. The van der Waals surface area contributed by atoms with Crippen LogP contribution in [0, 0.1) is 0 Å². The average Bonchev–Trinajstić information content (AvgIpc) is 2.98. The summed E-state index contributed by atoms with van der Waals surface area (Å²) in [5.74, 6) is 0.538. The second kappa shape index (κ2) is 7.57. The number of hydrogen-bond acceptors (Lipinski definition) is 5. The van der Waals surface area contributed by atoms with Crippen molar-refractivity contribution in [1.29, 1.82) is 0 Å². The quantitative estimate of drug-likeness (QED) is 0.538. The van der Waals surface area contributed by atoms with E-state index in [9.17, 15) is 4.79 Å². The van der Waals surface area contributed by atoms with Crippen molar-refractivity contribution in [3.63, 3.8) is 0 Å². The normalized spacial score (nSPS) is 16.3. The summed E-state index contributed by atoms with van der Waals surface area (Å²) in [6.45, 7) is 0. The molecule has 138 valence electrons. The Kier molecular flexibility index (Phi) is 4.82. The predicted molar refractivity (Wildman–Crippen MR) is 103 cm³/mol. The molecule has 1 aliphatic carbocycles. The molecule has 0 bridgehead atoms. The lowest BCUT2D eigenvalue weighted by Gasteiger charge is -2.17. The average molecular weight is 362 g/mol. The van der Waals surface area contributed by atoms with Gasteiger partial charge in [0.05, 0.1) is 23.6 Å². The van der Waals surface area contributed by atoms with Crippen LogP contribution in [-0.2, 0) is 18.3 Å². The fourth-order valence-electron chi connectivity index (χ4n) is 3.59. The van der Waals surface area contributed by atoms with Gasteiger partial charge >= 0.3 is 0 Å². The number of fused-ring (bicyclic) bond motifs is 1. The fourth-order valence-corrected chi connectivity index (χ4v) is 3.59. The van der Waals surface area contributed by atoms with Gasteiger partial charge in [-0.05, 0) is 42.5 Å². The summed E-state index contributed by atoms with van der Waals surface area (Å²) >= 11 is 0. The molecule has 1 aliphatic rings. The largest absolute Gasteiger partial charge is 0.352 e. The van der Waals surface area contributed by atoms with Crippen LogP contribution in [0.2, 0.25) is 0 Å². The zero-order valence-corrected chi connectivity index (χ0v) is 15.2. The molecule has 0 fully saturated rings. The van der Waals surface area contributed by atoms with E-state index >= 15 is 0 Å². The lowest BCUT2D eigenvalue weighted by Crippen LogP contribution is -2.19. The predicted octanol–water partition coefficient (Wildman–Crippen LogP) is 3.13. The SMILES string of the molecule is Cn1cc(Nc2nccc(-c3ccc4c(c3)CCCCC4NC=O)n2)cn1. The lowest BCUT2D eigenvalue weighted by atomic mass is 9.96. The van der Waals surface area contributed by atoms with Crippen LogP contribution < -0.4 is 10.6 Å². The van der Waals surface area contributed by atoms with Gasteiger partial charge < -0.3 is 10.6 Å². The molecular formula is C20H22N6O. The molecule has 2 N–H and O–H groups in total. The van der Waals surface area contributed by atoms with E-state index in [1.165, 1.54) is 11.1 Å². The maximum Gasteiger partial charge on any atom is 0.227 e. The molecule has 0 radical (unpaired) electrons. The van der Waals surface area contributed by atoms with Crippen molar-refractivity contribution in [2.24, 2.45) is 7.05 Å². The Morgan fingerprint density at radius 1 is 1.26 bits per heavy atom. The first-order valence-electron chi connectivity index (χ1n) is 9.14. The van der Waals surface area contributed by atoms with Crippen LogP contribution in [0.1, 0.15) is 36.4 Å². The van der Waals surface area contributed by atoms with Crippen LogP contribution in [0.3, 0.4) is 0 Å². The number of amides is 1. The van der Waals surface area contributed by atoms with Gasteiger partial charge in [-0.2, -0.15) is 5.10 Å². The highest BCUT2D eigenvalue weighted by molar-refractivity contribution is 5.64. The zero-order valence-electron chi connectivity index (χ0n) is 15.2. The Balaban J connectivity index is 1.63. The Labute approximate surface area is 157 Å². The first kappa shape index (κ1) is 17.2. The van der Waals surface area contributed by atoms with Crippen molar-refractivity contribution in [3.8, 4) is 11.3 Å². The summed E-state index contributed by atoms with van der Waals surface area (Å²) in [5, 5.41) is 10.3. The Bertz CT molecular complexity index is 951. The molecule has 0 spiro atoms. The number of nitrogens with zero attached hydrogens (tertiary/aromatic N) is 4. The highest BCUT2D eigenvalue weighted by atomic mass is 16.1. The number of benzene rings is 1. The molecule has 2 aromatic heterocycles. The minimum atomic E-state index is 0.0993. The van der Waals surface area contributed by atoms with Crippen molar-refractivity contribution < 1.29 is 4.79 Å². The number of rotatable bonds is 5. The molecule has 0 saturated heterocycles. The van der Waals surface area contributed by atoms with Gasteiger partial charge in [0, 0.05) is 25.0 Å². The smallest absolute Gasteiger partial charge is 0.227 e. The summed E-state index contributed by atoms with van der Waals surface area (Å²) in [6, 6.07) is 8.39. The summed E-state index contributed by atoms with van der Waals surface area (Å²) < 4.78 is 1.72. The van der Waals surface area contributed by atoms with Crippen LogP contribution in [0.25, 0.3) is 11.3 Å². The molecule has 2 heterocycles. The van der Waals surface area contributed by atoms with Crippen molar-refractivity contribution >= 4 is 18.0 Å². The molecular weight excluding hydrogens is 340 g/mol. The number of carbonyl (C=O) groups is 1. The molecule has 3 aromatic rings. The number of nitrogens with one attached hydrogen (secondary N) is 2. The second-order valence-corrected chi connectivity index (χ2v) is 6.79. The Morgan fingerprint density at radius 2 is 2.19 bits per heavy atom. The first-order chi connectivity index (χ1) is 13.2.